The van der Waals surface area contributed by atoms with Gasteiger partial charge in [-0.15, -0.1) is 0 Å². The van der Waals surface area contributed by atoms with E-state index in [1.54, 1.807) is 30.5 Å². The van der Waals surface area contributed by atoms with Crippen molar-refractivity contribution in [2.24, 2.45) is 0 Å². The van der Waals surface area contributed by atoms with Crippen molar-refractivity contribution in [3.8, 4) is 11.8 Å². The van der Waals surface area contributed by atoms with E-state index in [-0.39, 0.29) is 11.3 Å². The van der Waals surface area contributed by atoms with Gasteiger partial charge in [-0.25, -0.2) is 0 Å². The first-order valence-corrected chi connectivity index (χ1v) is 3.70. The molecule has 0 unspecified atom stereocenters. The van der Waals surface area contributed by atoms with Crippen molar-refractivity contribution < 1.29 is 9.62 Å². The summed E-state index contributed by atoms with van der Waals surface area (Å²) < 4.78 is 1.45. The molecule has 0 aliphatic rings. The fraction of sp³-hybridized carbons (Fsp3) is 0. The summed E-state index contributed by atoms with van der Waals surface area (Å²) in [4.78, 5) is 0. The molecule has 2 aromatic heterocycles. The quantitative estimate of drug-likeness (QED) is 0.514. The molecule has 0 spiro atoms. The van der Waals surface area contributed by atoms with Crippen LogP contribution in [0, 0.1) is 11.3 Å². The third-order valence-electron chi connectivity index (χ3n) is 1.75. The van der Waals surface area contributed by atoms with Gasteiger partial charge in [0.05, 0.1) is 5.56 Å². The maximum Gasteiger partial charge on any atom is 0.231 e. The average Bonchev–Trinajstić information content (AvgIpc) is 2.19. The highest BCUT2D eigenvalue weighted by Gasteiger charge is 2.05. The Balaban J connectivity index is 2.89. The van der Waals surface area contributed by atoms with Crippen LogP contribution in [0.15, 0.2) is 30.6 Å². The van der Waals surface area contributed by atoms with Crippen LogP contribution in [0.25, 0.3) is 5.52 Å². The molecule has 0 saturated heterocycles. The van der Waals surface area contributed by atoms with E-state index in [0.29, 0.717) is 5.52 Å². The highest BCUT2D eigenvalue weighted by atomic mass is 16.3. The molecular formula is C9H5N3O. The van der Waals surface area contributed by atoms with Gasteiger partial charge in [0.15, 0.2) is 0 Å². The molecule has 0 amide bonds. The first-order chi connectivity index (χ1) is 6.33. The lowest BCUT2D eigenvalue weighted by Crippen LogP contribution is -2.27. The summed E-state index contributed by atoms with van der Waals surface area (Å²) in [6.45, 7) is 0. The van der Waals surface area contributed by atoms with Crippen molar-refractivity contribution in [1.82, 2.24) is 5.10 Å². The molecule has 0 bridgehead atoms. The van der Waals surface area contributed by atoms with Crippen LogP contribution in [0.1, 0.15) is 5.56 Å². The minimum Gasteiger partial charge on any atom is -0.867 e. The number of nitriles is 1. The SMILES string of the molecule is N#Cc1cn[n+]2ccccc2c1[O-]. The van der Waals surface area contributed by atoms with Crippen LogP contribution in [-0.4, -0.2) is 5.10 Å². The van der Waals surface area contributed by atoms with Gasteiger partial charge in [0.1, 0.15) is 12.3 Å². The van der Waals surface area contributed by atoms with Gasteiger partial charge in [-0.3, -0.25) is 0 Å². The molecule has 2 rings (SSSR count). The van der Waals surface area contributed by atoms with Crippen molar-refractivity contribution in [3.63, 3.8) is 0 Å². The third kappa shape index (κ3) is 1.07. The zero-order chi connectivity index (χ0) is 9.26. The second-order valence-electron chi connectivity index (χ2n) is 2.53. The summed E-state index contributed by atoms with van der Waals surface area (Å²) in [7, 11) is 0. The molecule has 13 heavy (non-hydrogen) atoms. The van der Waals surface area contributed by atoms with E-state index < -0.39 is 0 Å². The van der Waals surface area contributed by atoms with Crippen molar-refractivity contribution in [3.05, 3.63) is 36.2 Å². The zero-order valence-corrected chi connectivity index (χ0v) is 6.64. The molecule has 2 aromatic rings. The summed E-state index contributed by atoms with van der Waals surface area (Å²) in [5.74, 6) is -0.280. The number of nitrogens with zero attached hydrogens (tertiary/aromatic N) is 3. The minimum atomic E-state index is -0.280. The van der Waals surface area contributed by atoms with Crippen LogP contribution in [-0.2, 0) is 0 Å². The van der Waals surface area contributed by atoms with Gasteiger partial charge < -0.3 is 5.11 Å². The molecular weight excluding hydrogens is 166 g/mol. The molecule has 0 aliphatic heterocycles. The van der Waals surface area contributed by atoms with E-state index in [9.17, 15) is 5.11 Å². The number of aromatic nitrogens is 2. The van der Waals surface area contributed by atoms with Gasteiger partial charge in [0.25, 0.3) is 0 Å². The predicted octanol–water partition coefficient (Wildman–Crippen LogP) is -0.234. The molecule has 4 heteroatoms. The lowest BCUT2D eigenvalue weighted by atomic mass is 10.2. The molecule has 0 N–H and O–H groups in total. The van der Waals surface area contributed by atoms with Crippen LogP contribution < -0.4 is 9.62 Å². The van der Waals surface area contributed by atoms with E-state index in [0.717, 1.165) is 0 Å². The Morgan fingerprint density at radius 2 is 2.31 bits per heavy atom. The highest BCUT2D eigenvalue weighted by Crippen LogP contribution is 2.13. The lowest BCUT2D eigenvalue weighted by Gasteiger charge is -2.03. The number of rotatable bonds is 0. The molecule has 0 aliphatic carbocycles. The first kappa shape index (κ1) is 7.50. The summed E-state index contributed by atoms with van der Waals surface area (Å²) >= 11 is 0. The zero-order valence-electron chi connectivity index (χ0n) is 6.64. The summed E-state index contributed by atoms with van der Waals surface area (Å²) in [5.41, 5.74) is 0.493. The van der Waals surface area contributed by atoms with Crippen molar-refractivity contribution in [1.29, 1.82) is 5.26 Å². The standard InChI is InChI=1S/C9H5N3O/c10-5-7-6-11-12-4-2-1-3-8(12)9(7)13/h1-4,6H. The monoisotopic (exact) mass is 171 g/mol. The third-order valence-corrected chi connectivity index (χ3v) is 1.75. The number of pyridine rings is 1. The molecule has 0 saturated carbocycles. The largest absolute Gasteiger partial charge is 0.867 e. The Morgan fingerprint density at radius 3 is 3.08 bits per heavy atom. The number of fused-ring (bicyclic) bond motifs is 1. The van der Waals surface area contributed by atoms with E-state index in [1.807, 2.05) is 0 Å². The fourth-order valence-electron chi connectivity index (χ4n) is 1.11. The predicted molar refractivity (Wildman–Crippen MR) is 41.6 cm³/mol. The van der Waals surface area contributed by atoms with Gasteiger partial charge in [-0.2, -0.15) is 5.26 Å². The molecule has 0 aromatic carbocycles. The Hall–Kier alpha value is -2.15. The number of hydrogen-bond acceptors (Lipinski definition) is 3. The normalized spacial score (nSPS) is 9.77. The fourth-order valence-corrected chi connectivity index (χ4v) is 1.11. The van der Waals surface area contributed by atoms with Gasteiger partial charge in [-0.1, -0.05) is 4.52 Å². The van der Waals surface area contributed by atoms with Crippen molar-refractivity contribution in [2.45, 2.75) is 0 Å². The van der Waals surface area contributed by atoms with E-state index in [1.165, 1.54) is 10.7 Å². The minimum absolute atomic E-state index is 0.0752. The first-order valence-electron chi connectivity index (χ1n) is 3.70. The van der Waals surface area contributed by atoms with E-state index >= 15 is 0 Å². The molecule has 0 radical (unpaired) electrons. The maximum atomic E-state index is 11.5. The summed E-state index contributed by atoms with van der Waals surface area (Å²) in [6, 6.07) is 6.94. The van der Waals surface area contributed by atoms with Gasteiger partial charge in [-0.05, 0) is 16.9 Å². The summed E-state index contributed by atoms with van der Waals surface area (Å²) in [5, 5.41) is 24.0. The Kier molecular flexibility index (Phi) is 1.57. The number of hydrogen-bond donors (Lipinski definition) is 0. The topological polar surface area (TPSA) is 63.8 Å². The highest BCUT2D eigenvalue weighted by molar-refractivity contribution is 5.58. The maximum absolute atomic E-state index is 11.5. The average molecular weight is 171 g/mol. The second-order valence-corrected chi connectivity index (χ2v) is 2.53. The summed E-state index contributed by atoms with van der Waals surface area (Å²) in [6.07, 6.45) is 2.94. The molecule has 0 atom stereocenters. The Morgan fingerprint density at radius 1 is 1.46 bits per heavy atom. The smallest absolute Gasteiger partial charge is 0.231 e. The second kappa shape index (κ2) is 2.72. The van der Waals surface area contributed by atoms with Crippen molar-refractivity contribution >= 4 is 5.52 Å². The molecule has 2 heterocycles. The molecule has 4 nitrogen and oxygen atoms in total. The molecule has 0 fully saturated rings. The van der Waals surface area contributed by atoms with Gasteiger partial charge in [0, 0.05) is 12.1 Å². The molecule has 62 valence electrons. The van der Waals surface area contributed by atoms with Crippen LogP contribution in [0.5, 0.6) is 5.75 Å². The Bertz CT molecular complexity index is 502. The van der Waals surface area contributed by atoms with E-state index in [4.69, 9.17) is 5.26 Å². The lowest BCUT2D eigenvalue weighted by molar-refractivity contribution is -0.583. The van der Waals surface area contributed by atoms with Crippen LogP contribution >= 0.6 is 0 Å². The van der Waals surface area contributed by atoms with Crippen LogP contribution in [0.4, 0.5) is 0 Å². The van der Waals surface area contributed by atoms with E-state index in [2.05, 4.69) is 5.10 Å². The van der Waals surface area contributed by atoms with Gasteiger partial charge in [0.2, 0.25) is 11.7 Å². The Labute approximate surface area is 74.3 Å². The van der Waals surface area contributed by atoms with Gasteiger partial charge >= 0.3 is 0 Å². The van der Waals surface area contributed by atoms with Crippen molar-refractivity contribution in [2.75, 3.05) is 0 Å². The van der Waals surface area contributed by atoms with Crippen LogP contribution in [0.2, 0.25) is 0 Å². The van der Waals surface area contributed by atoms with Crippen LogP contribution in [0.3, 0.4) is 0 Å².